The molecule has 0 atom stereocenters. The highest BCUT2D eigenvalue weighted by Crippen LogP contribution is 2.13. The first-order valence-electron chi connectivity index (χ1n) is 6.79. The van der Waals surface area contributed by atoms with Crippen LogP contribution in [0.4, 0.5) is 5.69 Å². The molecule has 1 aromatic carbocycles. The highest BCUT2D eigenvalue weighted by Gasteiger charge is 2.14. The number of rotatable bonds is 5. The summed E-state index contributed by atoms with van der Waals surface area (Å²) in [7, 11) is 0. The summed E-state index contributed by atoms with van der Waals surface area (Å²) in [5.41, 5.74) is 2.13. The third-order valence-corrected chi connectivity index (χ3v) is 3.05. The normalized spacial score (nSPS) is 10.2. The molecule has 0 saturated heterocycles. The third kappa shape index (κ3) is 3.72. The molecular formula is C16H18N2O3. The van der Waals surface area contributed by atoms with Gasteiger partial charge in [-0.15, -0.1) is 0 Å². The van der Waals surface area contributed by atoms with Gasteiger partial charge in [0.25, 0.3) is 0 Å². The summed E-state index contributed by atoms with van der Waals surface area (Å²) in [4.78, 5) is 23.8. The van der Waals surface area contributed by atoms with Crippen LogP contribution in [-0.4, -0.2) is 23.1 Å². The zero-order chi connectivity index (χ0) is 15.2. The van der Waals surface area contributed by atoms with Gasteiger partial charge in [-0.05, 0) is 37.6 Å². The Morgan fingerprint density at radius 1 is 1.19 bits per heavy atom. The molecular weight excluding hydrogens is 268 g/mol. The first-order chi connectivity index (χ1) is 10.1. The van der Waals surface area contributed by atoms with E-state index in [1.165, 1.54) is 0 Å². The van der Waals surface area contributed by atoms with Gasteiger partial charge in [-0.2, -0.15) is 0 Å². The van der Waals surface area contributed by atoms with Gasteiger partial charge in [0.05, 0.1) is 6.61 Å². The van der Waals surface area contributed by atoms with Crippen molar-refractivity contribution in [1.82, 2.24) is 4.57 Å². The van der Waals surface area contributed by atoms with E-state index >= 15 is 0 Å². The lowest BCUT2D eigenvalue weighted by Gasteiger charge is -2.10. The Kier molecular flexibility index (Phi) is 4.77. The molecule has 2 rings (SSSR count). The van der Waals surface area contributed by atoms with E-state index < -0.39 is 5.97 Å². The Hall–Kier alpha value is -2.56. The average Bonchev–Trinajstić information content (AvgIpc) is 2.90. The molecule has 5 nitrogen and oxygen atoms in total. The molecule has 0 saturated carbocycles. The van der Waals surface area contributed by atoms with E-state index in [0.717, 1.165) is 11.3 Å². The molecule has 0 bridgehead atoms. The summed E-state index contributed by atoms with van der Waals surface area (Å²) in [5, 5.41) is 2.83. The Bertz CT molecular complexity index is 646. The van der Waals surface area contributed by atoms with Crippen molar-refractivity contribution in [3.8, 4) is 0 Å². The van der Waals surface area contributed by atoms with Gasteiger partial charge in [-0.25, -0.2) is 4.79 Å². The minimum atomic E-state index is -0.425. The molecule has 110 valence electrons. The van der Waals surface area contributed by atoms with Crippen molar-refractivity contribution in [3.05, 3.63) is 53.9 Å². The number of ether oxygens (including phenoxy) is 1. The fraction of sp³-hybridized carbons (Fsp3) is 0.250. The molecule has 0 aliphatic carbocycles. The van der Waals surface area contributed by atoms with E-state index in [0.29, 0.717) is 12.3 Å². The van der Waals surface area contributed by atoms with Crippen molar-refractivity contribution in [2.75, 3.05) is 11.9 Å². The summed E-state index contributed by atoms with van der Waals surface area (Å²) in [6.07, 6.45) is 1.68. The van der Waals surface area contributed by atoms with Gasteiger partial charge in [0, 0.05) is 11.9 Å². The zero-order valence-electron chi connectivity index (χ0n) is 12.1. The molecule has 1 aromatic heterocycles. The van der Waals surface area contributed by atoms with Gasteiger partial charge in [0.1, 0.15) is 12.2 Å². The summed E-state index contributed by atoms with van der Waals surface area (Å²) >= 11 is 0. The van der Waals surface area contributed by atoms with Crippen LogP contribution >= 0.6 is 0 Å². The van der Waals surface area contributed by atoms with Crippen molar-refractivity contribution in [1.29, 1.82) is 0 Å². The number of aryl methyl sites for hydroxylation is 1. The lowest BCUT2D eigenvalue weighted by atomic mass is 10.2. The SMILES string of the molecule is CCOC(=O)c1cccn1CC(=O)Nc1ccccc1C. The molecule has 1 amide bonds. The minimum Gasteiger partial charge on any atom is -0.461 e. The number of hydrogen-bond donors (Lipinski definition) is 1. The first-order valence-corrected chi connectivity index (χ1v) is 6.79. The number of para-hydroxylation sites is 1. The Morgan fingerprint density at radius 3 is 2.67 bits per heavy atom. The number of benzene rings is 1. The molecule has 0 aliphatic heterocycles. The summed E-state index contributed by atoms with van der Waals surface area (Å²) in [6, 6.07) is 10.9. The number of carbonyl (C=O) groups excluding carboxylic acids is 2. The quantitative estimate of drug-likeness (QED) is 0.859. The standard InChI is InChI=1S/C16H18N2O3/c1-3-21-16(20)14-9-6-10-18(14)11-15(19)17-13-8-5-4-7-12(13)2/h4-10H,3,11H2,1-2H3,(H,17,19). The number of carbonyl (C=O) groups is 2. The molecule has 1 N–H and O–H groups in total. The number of nitrogens with one attached hydrogen (secondary N) is 1. The Labute approximate surface area is 123 Å². The molecule has 5 heteroatoms. The van der Waals surface area contributed by atoms with Gasteiger partial charge in [-0.3, -0.25) is 4.79 Å². The summed E-state index contributed by atoms with van der Waals surface area (Å²) in [6.45, 7) is 4.04. The predicted molar refractivity (Wildman–Crippen MR) is 80.2 cm³/mol. The van der Waals surface area contributed by atoms with Crippen molar-refractivity contribution >= 4 is 17.6 Å². The van der Waals surface area contributed by atoms with E-state index in [2.05, 4.69) is 5.32 Å². The topological polar surface area (TPSA) is 60.3 Å². The predicted octanol–water partition coefficient (Wildman–Crippen LogP) is 2.61. The highest BCUT2D eigenvalue weighted by molar-refractivity contribution is 5.93. The second-order valence-electron chi connectivity index (χ2n) is 4.60. The first kappa shape index (κ1) is 14.8. The van der Waals surface area contributed by atoms with Crippen LogP contribution in [0.15, 0.2) is 42.6 Å². The number of esters is 1. The molecule has 0 aliphatic rings. The Balaban J connectivity index is 2.05. The number of aromatic nitrogens is 1. The van der Waals surface area contributed by atoms with Crippen LogP contribution in [0.5, 0.6) is 0 Å². The molecule has 21 heavy (non-hydrogen) atoms. The molecule has 0 fully saturated rings. The summed E-state index contributed by atoms with van der Waals surface area (Å²) in [5.74, 6) is -0.614. The molecule has 0 radical (unpaired) electrons. The third-order valence-electron chi connectivity index (χ3n) is 3.05. The number of amides is 1. The van der Waals surface area contributed by atoms with E-state index in [1.807, 2.05) is 31.2 Å². The average molecular weight is 286 g/mol. The molecule has 2 aromatic rings. The van der Waals surface area contributed by atoms with Crippen LogP contribution in [0.1, 0.15) is 23.0 Å². The molecule has 1 heterocycles. The van der Waals surface area contributed by atoms with Crippen LogP contribution < -0.4 is 5.32 Å². The lowest BCUT2D eigenvalue weighted by molar-refractivity contribution is -0.116. The fourth-order valence-electron chi connectivity index (χ4n) is 2.00. The van der Waals surface area contributed by atoms with Crippen LogP contribution in [-0.2, 0) is 16.1 Å². The van der Waals surface area contributed by atoms with Crippen LogP contribution in [0.2, 0.25) is 0 Å². The van der Waals surface area contributed by atoms with E-state index in [1.54, 1.807) is 29.8 Å². The van der Waals surface area contributed by atoms with Crippen LogP contribution in [0.25, 0.3) is 0 Å². The maximum atomic E-state index is 12.1. The Morgan fingerprint density at radius 2 is 1.95 bits per heavy atom. The van der Waals surface area contributed by atoms with Crippen molar-refractivity contribution in [2.24, 2.45) is 0 Å². The summed E-state index contributed by atoms with van der Waals surface area (Å²) < 4.78 is 6.53. The highest BCUT2D eigenvalue weighted by atomic mass is 16.5. The van der Waals surface area contributed by atoms with Crippen LogP contribution in [0.3, 0.4) is 0 Å². The van der Waals surface area contributed by atoms with E-state index in [4.69, 9.17) is 4.74 Å². The second-order valence-corrected chi connectivity index (χ2v) is 4.60. The number of nitrogens with zero attached hydrogens (tertiary/aromatic N) is 1. The van der Waals surface area contributed by atoms with Gasteiger partial charge >= 0.3 is 5.97 Å². The lowest BCUT2D eigenvalue weighted by Crippen LogP contribution is -2.21. The molecule has 0 unspecified atom stereocenters. The van der Waals surface area contributed by atoms with Crippen molar-refractivity contribution in [2.45, 2.75) is 20.4 Å². The van der Waals surface area contributed by atoms with E-state index in [-0.39, 0.29) is 12.5 Å². The zero-order valence-corrected chi connectivity index (χ0v) is 12.1. The molecule has 0 spiro atoms. The number of hydrogen-bond acceptors (Lipinski definition) is 3. The van der Waals surface area contributed by atoms with Gasteiger partial charge in [-0.1, -0.05) is 18.2 Å². The van der Waals surface area contributed by atoms with Crippen molar-refractivity contribution < 1.29 is 14.3 Å². The maximum absolute atomic E-state index is 12.1. The van der Waals surface area contributed by atoms with Crippen molar-refractivity contribution in [3.63, 3.8) is 0 Å². The minimum absolute atomic E-state index is 0.0650. The number of anilines is 1. The van der Waals surface area contributed by atoms with Gasteiger partial charge < -0.3 is 14.6 Å². The maximum Gasteiger partial charge on any atom is 0.354 e. The van der Waals surface area contributed by atoms with Crippen LogP contribution in [0, 0.1) is 6.92 Å². The fourth-order valence-corrected chi connectivity index (χ4v) is 2.00. The largest absolute Gasteiger partial charge is 0.461 e. The second kappa shape index (κ2) is 6.74. The van der Waals surface area contributed by atoms with Gasteiger partial charge in [0.15, 0.2) is 0 Å². The van der Waals surface area contributed by atoms with E-state index in [9.17, 15) is 9.59 Å². The monoisotopic (exact) mass is 286 g/mol. The van der Waals surface area contributed by atoms with Gasteiger partial charge in [0.2, 0.25) is 5.91 Å². The smallest absolute Gasteiger partial charge is 0.354 e.